The monoisotopic (exact) mass is 272 g/mol. The van der Waals surface area contributed by atoms with Gasteiger partial charge in [0.25, 0.3) is 0 Å². The molecule has 3 unspecified atom stereocenters. The molecule has 5 nitrogen and oxygen atoms in total. The fraction of sp³-hybridized carbons (Fsp3) is 1.00. The summed E-state index contributed by atoms with van der Waals surface area (Å²) in [5.74, 6) is 0. The zero-order chi connectivity index (χ0) is 14.8. The number of hydrogen-bond acceptors (Lipinski definition) is 4. The van der Waals surface area contributed by atoms with Gasteiger partial charge in [-0.25, -0.2) is 4.39 Å². The summed E-state index contributed by atoms with van der Waals surface area (Å²) in [6, 6.07) is 0. The SMILES string of the molecule is [2H]C(C([2H])P(=O)(O)CO)[C@H]1OC[C@H](F)[C@@H]1OC(C)C. The van der Waals surface area contributed by atoms with Crippen molar-refractivity contribution in [3.8, 4) is 0 Å². The summed E-state index contributed by atoms with van der Waals surface area (Å²) in [5.41, 5.74) is 0. The van der Waals surface area contributed by atoms with E-state index < -0.39 is 44.6 Å². The summed E-state index contributed by atoms with van der Waals surface area (Å²) in [4.78, 5) is 9.36. The molecule has 0 radical (unpaired) electrons. The van der Waals surface area contributed by atoms with E-state index in [4.69, 9.17) is 17.3 Å². The summed E-state index contributed by atoms with van der Waals surface area (Å²) in [6.45, 7) is 3.13. The van der Waals surface area contributed by atoms with Gasteiger partial charge >= 0.3 is 0 Å². The van der Waals surface area contributed by atoms with E-state index in [1.807, 2.05) is 0 Å². The van der Waals surface area contributed by atoms with Crippen LogP contribution in [0, 0.1) is 0 Å². The van der Waals surface area contributed by atoms with Crippen LogP contribution in [-0.4, -0.2) is 53.6 Å². The Labute approximate surface area is 103 Å². The van der Waals surface area contributed by atoms with Gasteiger partial charge in [-0.2, -0.15) is 0 Å². The van der Waals surface area contributed by atoms with Crippen LogP contribution >= 0.6 is 7.37 Å². The Balaban J connectivity index is 2.80. The number of alkyl halides is 1. The molecule has 0 aromatic rings. The average Bonchev–Trinajstić information content (AvgIpc) is 2.68. The topological polar surface area (TPSA) is 76.0 Å². The van der Waals surface area contributed by atoms with Gasteiger partial charge in [-0.05, 0) is 20.2 Å². The maximum atomic E-state index is 13.6. The smallest absolute Gasteiger partial charge is 0.225 e. The molecule has 102 valence electrons. The number of aliphatic hydroxyl groups is 1. The van der Waals surface area contributed by atoms with Gasteiger partial charge in [-0.3, -0.25) is 4.57 Å². The molecule has 2 N–H and O–H groups in total. The number of rotatable bonds is 6. The maximum absolute atomic E-state index is 13.6. The van der Waals surface area contributed by atoms with Crippen LogP contribution in [0.2, 0.25) is 0 Å². The van der Waals surface area contributed by atoms with Crippen LogP contribution in [0.3, 0.4) is 0 Å². The third kappa shape index (κ3) is 4.64. The molecule has 0 aromatic heterocycles. The van der Waals surface area contributed by atoms with Gasteiger partial charge in [0.1, 0.15) is 12.5 Å². The molecule has 0 spiro atoms. The summed E-state index contributed by atoms with van der Waals surface area (Å²) >= 11 is 0. The number of halogens is 1. The van der Waals surface area contributed by atoms with E-state index in [2.05, 4.69) is 0 Å². The number of hydrogen-bond donors (Lipinski definition) is 2. The Morgan fingerprint density at radius 1 is 1.71 bits per heavy atom. The fourth-order valence-corrected chi connectivity index (χ4v) is 2.04. The predicted molar refractivity (Wildman–Crippen MR) is 61.0 cm³/mol. The Kier molecular flexibility index (Phi) is 4.43. The van der Waals surface area contributed by atoms with Gasteiger partial charge in [0, 0.05) is 8.88 Å². The van der Waals surface area contributed by atoms with E-state index in [-0.39, 0.29) is 12.7 Å². The van der Waals surface area contributed by atoms with Gasteiger partial charge in [0.05, 0.1) is 18.8 Å². The van der Waals surface area contributed by atoms with Crippen molar-refractivity contribution in [2.75, 3.05) is 19.1 Å². The molecule has 1 aliphatic rings. The molecular formula is C10H20FO5P. The van der Waals surface area contributed by atoms with Crippen LogP contribution in [0.4, 0.5) is 4.39 Å². The van der Waals surface area contributed by atoms with E-state index in [0.717, 1.165) is 0 Å². The summed E-state index contributed by atoms with van der Waals surface area (Å²) < 4.78 is 50.9. The fourth-order valence-electron chi connectivity index (χ4n) is 1.51. The summed E-state index contributed by atoms with van der Waals surface area (Å²) in [6.07, 6.45) is -8.15. The van der Waals surface area contributed by atoms with Crippen LogP contribution in [-0.2, 0) is 14.0 Å². The molecule has 6 atom stereocenters. The lowest BCUT2D eigenvalue weighted by molar-refractivity contribution is -0.0527. The van der Waals surface area contributed by atoms with E-state index >= 15 is 0 Å². The molecule has 7 heteroatoms. The molecule has 17 heavy (non-hydrogen) atoms. The van der Waals surface area contributed by atoms with Gasteiger partial charge in [0.15, 0.2) is 6.17 Å². The largest absolute Gasteiger partial charge is 0.386 e. The molecule has 1 heterocycles. The van der Waals surface area contributed by atoms with Crippen LogP contribution in [0.15, 0.2) is 0 Å². The van der Waals surface area contributed by atoms with Crippen molar-refractivity contribution in [3.63, 3.8) is 0 Å². The van der Waals surface area contributed by atoms with Crippen molar-refractivity contribution in [3.05, 3.63) is 0 Å². The predicted octanol–water partition coefficient (Wildman–Crippen LogP) is 1.13. The molecule has 1 rings (SSSR count). The summed E-state index contributed by atoms with van der Waals surface area (Å²) in [5, 5.41) is 8.76. The first kappa shape index (κ1) is 12.1. The highest BCUT2D eigenvalue weighted by molar-refractivity contribution is 7.57. The van der Waals surface area contributed by atoms with Crippen molar-refractivity contribution < 1.29 is 31.2 Å². The Bertz CT molecular complexity index is 346. The van der Waals surface area contributed by atoms with Gasteiger partial charge in [0.2, 0.25) is 7.37 Å². The second kappa shape index (κ2) is 6.25. The number of ether oxygens (including phenoxy) is 2. The molecule has 1 aliphatic heterocycles. The first-order valence-corrected chi connectivity index (χ1v) is 7.30. The Morgan fingerprint density at radius 2 is 2.35 bits per heavy atom. The van der Waals surface area contributed by atoms with Crippen molar-refractivity contribution in [1.82, 2.24) is 0 Å². The van der Waals surface area contributed by atoms with Gasteiger partial charge in [-0.1, -0.05) is 0 Å². The first-order valence-electron chi connectivity index (χ1n) is 6.54. The van der Waals surface area contributed by atoms with E-state index in [1.54, 1.807) is 13.8 Å². The van der Waals surface area contributed by atoms with E-state index in [9.17, 15) is 13.8 Å². The van der Waals surface area contributed by atoms with Crippen LogP contribution in [0.5, 0.6) is 0 Å². The molecular weight excluding hydrogens is 250 g/mol. The lowest BCUT2D eigenvalue weighted by Gasteiger charge is -2.22. The minimum Gasteiger partial charge on any atom is -0.386 e. The van der Waals surface area contributed by atoms with E-state index in [0.29, 0.717) is 0 Å². The zero-order valence-electron chi connectivity index (χ0n) is 11.8. The van der Waals surface area contributed by atoms with E-state index in [1.165, 1.54) is 0 Å². The van der Waals surface area contributed by atoms with Crippen molar-refractivity contribution in [2.24, 2.45) is 0 Å². The van der Waals surface area contributed by atoms with Crippen LogP contribution in [0.25, 0.3) is 0 Å². The minimum atomic E-state index is -4.18. The second-order valence-corrected chi connectivity index (χ2v) is 6.29. The highest BCUT2D eigenvalue weighted by Gasteiger charge is 2.39. The molecule has 0 aliphatic carbocycles. The quantitative estimate of drug-likeness (QED) is 0.709. The van der Waals surface area contributed by atoms with Crippen molar-refractivity contribution in [2.45, 2.75) is 44.7 Å². The van der Waals surface area contributed by atoms with Crippen LogP contribution in [0.1, 0.15) is 23.0 Å². The van der Waals surface area contributed by atoms with Gasteiger partial charge in [-0.15, -0.1) is 0 Å². The normalized spacial score (nSPS) is 38.4. The molecule has 0 bridgehead atoms. The number of aliphatic hydroxyl groups excluding tert-OH is 1. The van der Waals surface area contributed by atoms with Crippen molar-refractivity contribution >= 4 is 7.37 Å². The third-order valence-corrected chi connectivity index (χ3v) is 3.31. The highest BCUT2D eigenvalue weighted by atomic mass is 31.2. The first-order chi connectivity index (χ1) is 8.70. The molecule has 0 amide bonds. The van der Waals surface area contributed by atoms with Crippen LogP contribution < -0.4 is 0 Å². The third-order valence-electron chi connectivity index (χ3n) is 2.27. The second-order valence-electron chi connectivity index (χ2n) is 4.20. The minimum absolute atomic E-state index is 0.265. The molecule has 1 fully saturated rings. The molecule has 1 saturated heterocycles. The van der Waals surface area contributed by atoms with Crippen molar-refractivity contribution in [1.29, 1.82) is 0 Å². The molecule has 0 saturated carbocycles. The lowest BCUT2D eigenvalue weighted by atomic mass is 10.1. The Hall–Kier alpha value is -0.0000000000000000486. The molecule has 0 aromatic carbocycles. The van der Waals surface area contributed by atoms with Gasteiger partial charge < -0.3 is 19.5 Å². The lowest BCUT2D eigenvalue weighted by Crippen LogP contribution is -2.33. The summed E-state index contributed by atoms with van der Waals surface area (Å²) in [7, 11) is -4.18. The average molecular weight is 272 g/mol. The Morgan fingerprint density at radius 3 is 2.88 bits per heavy atom. The highest BCUT2D eigenvalue weighted by Crippen LogP contribution is 2.41. The zero-order valence-corrected chi connectivity index (χ0v) is 10.7. The standard InChI is InChI=1S/C10H20FO5P/c1-7(2)16-10-8(11)5-15-9(10)3-4-17(13,14)6-12/h7-10,12H,3-6H2,1-2H3,(H,13,14)/t8-,9+,10-/m0/s1/i3D,4D/t3?,4?,8-,9+,10-. The maximum Gasteiger partial charge on any atom is 0.225 e.